The molecule has 0 aromatic rings. The number of hydrogen-bond acceptors (Lipinski definition) is 2. The van der Waals surface area contributed by atoms with Crippen molar-refractivity contribution in [3.63, 3.8) is 0 Å². The molecule has 0 aliphatic heterocycles. The summed E-state index contributed by atoms with van der Waals surface area (Å²) in [4.78, 5) is 0. The van der Waals surface area contributed by atoms with E-state index in [4.69, 9.17) is 10.2 Å². The number of aliphatic hydroxyl groups is 2. The summed E-state index contributed by atoms with van der Waals surface area (Å²) in [5, 5.41) is 17.2. The summed E-state index contributed by atoms with van der Waals surface area (Å²) in [7, 11) is 0. The van der Waals surface area contributed by atoms with Gasteiger partial charge in [-0.2, -0.15) is 0 Å². The molecule has 0 aromatic heterocycles. The highest BCUT2D eigenvalue weighted by atomic mass is 16.3. The highest BCUT2D eigenvalue weighted by molar-refractivity contribution is 4.89. The van der Waals surface area contributed by atoms with Gasteiger partial charge in [-0.15, -0.1) is 0 Å². The van der Waals surface area contributed by atoms with Gasteiger partial charge < -0.3 is 10.2 Å². The van der Waals surface area contributed by atoms with E-state index in [1.807, 2.05) is 0 Å². The average molecular weight is 116 g/mol. The lowest BCUT2D eigenvalue weighted by atomic mass is 10.3. The van der Waals surface area contributed by atoms with Crippen LogP contribution in [0.25, 0.3) is 0 Å². The van der Waals surface area contributed by atoms with E-state index in [0.717, 1.165) is 0 Å². The van der Waals surface area contributed by atoms with E-state index in [1.54, 1.807) is 26.0 Å². The zero-order valence-electron chi connectivity index (χ0n) is 5.20. The lowest BCUT2D eigenvalue weighted by Gasteiger charge is -1.94. The summed E-state index contributed by atoms with van der Waals surface area (Å²) < 4.78 is 0. The summed E-state index contributed by atoms with van der Waals surface area (Å²) >= 11 is 0. The first kappa shape index (κ1) is 7.66. The number of rotatable bonds is 2. The highest BCUT2D eigenvalue weighted by Gasteiger charge is 1.87. The van der Waals surface area contributed by atoms with Crippen LogP contribution in [-0.4, -0.2) is 22.4 Å². The van der Waals surface area contributed by atoms with Crippen LogP contribution in [-0.2, 0) is 0 Å². The Balaban J connectivity index is 3.34. The molecule has 2 nitrogen and oxygen atoms in total. The van der Waals surface area contributed by atoms with Gasteiger partial charge in [0.15, 0.2) is 0 Å². The molecule has 2 atom stereocenters. The van der Waals surface area contributed by atoms with Gasteiger partial charge in [0.05, 0.1) is 12.2 Å². The summed E-state index contributed by atoms with van der Waals surface area (Å²) in [5.74, 6) is 0. The van der Waals surface area contributed by atoms with Crippen molar-refractivity contribution in [1.29, 1.82) is 0 Å². The van der Waals surface area contributed by atoms with Crippen LogP contribution in [0.4, 0.5) is 0 Å². The predicted octanol–water partition coefficient (Wildman–Crippen LogP) is 0.304. The van der Waals surface area contributed by atoms with Gasteiger partial charge >= 0.3 is 0 Å². The zero-order valence-corrected chi connectivity index (χ0v) is 5.20. The van der Waals surface area contributed by atoms with Gasteiger partial charge in [0, 0.05) is 0 Å². The van der Waals surface area contributed by atoms with Gasteiger partial charge in [0.2, 0.25) is 0 Å². The van der Waals surface area contributed by atoms with Gasteiger partial charge in [0.1, 0.15) is 0 Å². The van der Waals surface area contributed by atoms with E-state index in [1.165, 1.54) is 0 Å². The molecule has 0 heterocycles. The molecule has 0 aromatic carbocycles. The molecule has 8 heavy (non-hydrogen) atoms. The fraction of sp³-hybridized carbons (Fsp3) is 0.667. The van der Waals surface area contributed by atoms with Crippen LogP contribution < -0.4 is 0 Å². The van der Waals surface area contributed by atoms with E-state index in [9.17, 15) is 0 Å². The van der Waals surface area contributed by atoms with Crippen LogP contribution in [0.5, 0.6) is 0 Å². The Hall–Kier alpha value is -0.340. The Bertz CT molecular complexity index is 64.6. The standard InChI is InChI=1S/C6H12O2/c1-5(7)3-4-6(2)8/h3-8H,1-2H3. The monoisotopic (exact) mass is 116 g/mol. The molecule has 2 heteroatoms. The summed E-state index contributed by atoms with van der Waals surface area (Å²) in [6.45, 7) is 3.28. The smallest absolute Gasteiger partial charge is 0.0693 e. The Kier molecular flexibility index (Phi) is 3.48. The van der Waals surface area contributed by atoms with Crippen molar-refractivity contribution in [3.05, 3.63) is 12.2 Å². The molecule has 0 amide bonds. The molecule has 0 bridgehead atoms. The SMILES string of the molecule is CC(O)C=CC(C)O. The van der Waals surface area contributed by atoms with Crippen molar-refractivity contribution in [2.45, 2.75) is 26.1 Å². The molecule has 0 rings (SSSR count). The highest BCUT2D eigenvalue weighted by Crippen LogP contribution is 1.86. The fourth-order valence-electron chi connectivity index (χ4n) is 0.322. The molecule has 0 radical (unpaired) electrons. The van der Waals surface area contributed by atoms with Crippen molar-refractivity contribution < 1.29 is 10.2 Å². The van der Waals surface area contributed by atoms with Crippen LogP contribution in [0.15, 0.2) is 12.2 Å². The summed E-state index contributed by atoms with van der Waals surface area (Å²) in [6.07, 6.45) is 2.18. The molecular weight excluding hydrogens is 104 g/mol. The van der Waals surface area contributed by atoms with Crippen molar-refractivity contribution >= 4 is 0 Å². The molecule has 0 spiro atoms. The quantitative estimate of drug-likeness (QED) is 0.509. The second-order valence-corrected chi connectivity index (χ2v) is 1.87. The zero-order chi connectivity index (χ0) is 6.57. The lowest BCUT2D eigenvalue weighted by Crippen LogP contribution is -1.97. The van der Waals surface area contributed by atoms with Gasteiger partial charge in [0.25, 0.3) is 0 Å². The van der Waals surface area contributed by atoms with Gasteiger partial charge in [-0.3, -0.25) is 0 Å². The van der Waals surface area contributed by atoms with Crippen LogP contribution in [0.1, 0.15) is 13.8 Å². The van der Waals surface area contributed by atoms with Crippen LogP contribution in [0.3, 0.4) is 0 Å². The third kappa shape index (κ3) is 5.66. The van der Waals surface area contributed by atoms with Crippen molar-refractivity contribution in [2.75, 3.05) is 0 Å². The normalized spacial score (nSPS) is 19.0. The topological polar surface area (TPSA) is 40.5 Å². The predicted molar refractivity (Wildman–Crippen MR) is 32.5 cm³/mol. The molecule has 0 fully saturated rings. The van der Waals surface area contributed by atoms with Gasteiger partial charge in [-0.25, -0.2) is 0 Å². The maximum absolute atomic E-state index is 8.60. The van der Waals surface area contributed by atoms with Gasteiger partial charge in [-0.1, -0.05) is 12.2 Å². The Morgan fingerprint density at radius 3 is 1.38 bits per heavy atom. The molecule has 2 unspecified atom stereocenters. The molecule has 2 N–H and O–H groups in total. The van der Waals surface area contributed by atoms with Crippen LogP contribution in [0.2, 0.25) is 0 Å². The molecular formula is C6H12O2. The van der Waals surface area contributed by atoms with E-state index in [-0.39, 0.29) is 0 Å². The van der Waals surface area contributed by atoms with Crippen molar-refractivity contribution in [2.24, 2.45) is 0 Å². The maximum atomic E-state index is 8.60. The van der Waals surface area contributed by atoms with E-state index < -0.39 is 12.2 Å². The number of aliphatic hydroxyl groups excluding tert-OH is 2. The van der Waals surface area contributed by atoms with E-state index >= 15 is 0 Å². The van der Waals surface area contributed by atoms with E-state index in [2.05, 4.69) is 0 Å². The second-order valence-electron chi connectivity index (χ2n) is 1.87. The minimum Gasteiger partial charge on any atom is -0.389 e. The first-order chi connectivity index (χ1) is 3.63. The first-order valence-corrected chi connectivity index (χ1v) is 2.67. The lowest BCUT2D eigenvalue weighted by molar-refractivity contribution is 0.228. The van der Waals surface area contributed by atoms with Crippen LogP contribution in [0, 0.1) is 0 Å². The minimum absolute atomic E-state index is 0.454. The number of hydrogen-bond donors (Lipinski definition) is 2. The Morgan fingerprint density at radius 1 is 1.00 bits per heavy atom. The molecule has 0 saturated heterocycles. The minimum atomic E-state index is -0.454. The third-order valence-corrected chi connectivity index (χ3v) is 0.668. The largest absolute Gasteiger partial charge is 0.389 e. The summed E-state index contributed by atoms with van der Waals surface area (Å²) in [5.41, 5.74) is 0. The van der Waals surface area contributed by atoms with E-state index in [0.29, 0.717) is 0 Å². The first-order valence-electron chi connectivity index (χ1n) is 2.67. The van der Waals surface area contributed by atoms with Crippen molar-refractivity contribution in [3.8, 4) is 0 Å². The Labute approximate surface area is 49.5 Å². The molecule has 0 aliphatic rings. The third-order valence-electron chi connectivity index (χ3n) is 0.668. The summed E-state index contributed by atoms with van der Waals surface area (Å²) in [6, 6.07) is 0. The van der Waals surface area contributed by atoms with Gasteiger partial charge in [-0.05, 0) is 13.8 Å². The van der Waals surface area contributed by atoms with Crippen LogP contribution >= 0.6 is 0 Å². The van der Waals surface area contributed by atoms with Crippen molar-refractivity contribution in [1.82, 2.24) is 0 Å². The molecule has 48 valence electrons. The Morgan fingerprint density at radius 2 is 1.25 bits per heavy atom. The molecule has 0 saturated carbocycles. The maximum Gasteiger partial charge on any atom is 0.0693 e. The average Bonchev–Trinajstić information content (AvgIpc) is 1.61. The fourth-order valence-corrected chi connectivity index (χ4v) is 0.322. The molecule has 0 aliphatic carbocycles. The second kappa shape index (κ2) is 3.64.